The third kappa shape index (κ3) is 4.20. The van der Waals surface area contributed by atoms with Crippen LogP contribution in [0.2, 0.25) is 0 Å². The Morgan fingerprint density at radius 1 is 0.576 bits per heavy atom. The molecule has 0 saturated heterocycles. The third-order valence-corrected chi connectivity index (χ3v) is 5.23. The van der Waals surface area contributed by atoms with Crippen LogP contribution < -0.4 is 34.9 Å². The average Bonchev–Trinajstić information content (AvgIpc) is 3.11. The number of hydrogen-bond donors (Lipinski definition) is 3. The van der Waals surface area contributed by atoms with E-state index in [2.05, 4.69) is 16.0 Å². The van der Waals surface area contributed by atoms with Gasteiger partial charge in [0, 0.05) is 12.1 Å². The van der Waals surface area contributed by atoms with E-state index in [1.807, 2.05) is 0 Å². The average molecular weight is 449 g/mol. The zero-order valence-corrected chi connectivity index (χ0v) is 18.6. The Morgan fingerprint density at radius 2 is 1.00 bits per heavy atom. The molecule has 0 fully saturated rings. The minimum atomic E-state index is -0.451. The maximum absolute atomic E-state index is 12.3. The lowest BCUT2D eigenvalue weighted by Gasteiger charge is -2.19. The number of rotatable bonds is 8. The maximum Gasteiger partial charge on any atom is 0.259 e. The smallest absolute Gasteiger partial charge is 0.259 e. The summed E-state index contributed by atoms with van der Waals surface area (Å²) >= 11 is 0. The van der Waals surface area contributed by atoms with Crippen LogP contribution in [-0.2, 0) is 0 Å². The van der Waals surface area contributed by atoms with Gasteiger partial charge in [0.1, 0.15) is 23.0 Å². The van der Waals surface area contributed by atoms with Gasteiger partial charge in [-0.25, -0.2) is 0 Å². The Kier molecular flexibility index (Phi) is 5.95. The number of carbonyl (C=O) groups excluding carboxylic acids is 2. The van der Waals surface area contributed by atoms with Crippen molar-refractivity contribution in [3.8, 4) is 23.0 Å². The number of amides is 2. The number of imide groups is 1. The quantitative estimate of drug-likeness (QED) is 0.442. The summed E-state index contributed by atoms with van der Waals surface area (Å²) in [7, 11) is 6.25. The van der Waals surface area contributed by atoms with Crippen molar-refractivity contribution >= 4 is 34.6 Å². The van der Waals surface area contributed by atoms with Gasteiger partial charge in [-0.1, -0.05) is 0 Å². The molecule has 3 aromatic rings. The summed E-state index contributed by atoms with van der Waals surface area (Å²) in [4.78, 5) is 24.5. The SMILES string of the molecule is COc1ccc(Nc2cc3c(cc2Nc2ccc(OC)cc2OC)C(=O)NC3=O)c(OC)c1. The van der Waals surface area contributed by atoms with Gasteiger partial charge in [-0.05, 0) is 36.4 Å². The number of methoxy groups -OCH3 is 4. The number of carbonyl (C=O) groups is 2. The van der Waals surface area contributed by atoms with E-state index in [0.29, 0.717) is 45.7 Å². The van der Waals surface area contributed by atoms with Gasteiger partial charge in [0.05, 0.1) is 62.3 Å². The molecule has 3 aromatic carbocycles. The summed E-state index contributed by atoms with van der Waals surface area (Å²) in [5, 5.41) is 8.90. The second-order valence-electron chi connectivity index (χ2n) is 7.11. The van der Waals surface area contributed by atoms with Gasteiger partial charge in [-0.15, -0.1) is 0 Å². The van der Waals surface area contributed by atoms with Crippen LogP contribution in [0.4, 0.5) is 22.7 Å². The molecule has 0 spiro atoms. The lowest BCUT2D eigenvalue weighted by atomic mass is 10.1. The van der Waals surface area contributed by atoms with Crippen LogP contribution in [0, 0.1) is 0 Å². The monoisotopic (exact) mass is 449 g/mol. The molecule has 0 saturated carbocycles. The summed E-state index contributed by atoms with van der Waals surface area (Å²) in [5.74, 6) is 1.46. The highest BCUT2D eigenvalue weighted by Gasteiger charge is 2.29. The minimum Gasteiger partial charge on any atom is -0.497 e. The predicted octanol–water partition coefficient (Wildman–Crippen LogP) is 4.09. The second-order valence-corrected chi connectivity index (χ2v) is 7.11. The molecular formula is C24H23N3O6. The van der Waals surface area contributed by atoms with Gasteiger partial charge in [0.15, 0.2) is 0 Å². The fraction of sp³-hybridized carbons (Fsp3) is 0.167. The van der Waals surface area contributed by atoms with Crippen LogP contribution >= 0.6 is 0 Å². The van der Waals surface area contributed by atoms with E-state index in [1.165, 1.54) is 0 Å². The molecule has 170 valence electrons. The van der Waals surface area contributed by atoms with Crippen molar-refractivity contribution in [2.24, 2.45) is 0 Å². The summed E-state index contributed by atoms with van der Waals surface area (Å²) in [6.07, 6.45) is 0. The van der Waals surface area contributed by atoms with E-state index >= 15 is 0 Å². The topological polar surface area (TPSA) is 107 Å². The summed E-state index contributed by atoms with van der Waals surface area (Å²) in [6.45, 7) is 0. The Bertz CT molecular complexity index is 1150. The van der Waals surface area contributed by atoms with Gasteiger partial charge in [0.25, 0.3) is 11.8 Å². The number of fused-ring (bicyclic) bond motifs is 1. The number of ether oxygens (including phenoxy) is 4. The largest absolute Gasteiger partial charge is 0.497 e. The number of nitrogens with one attached hydrogen (secondary N) is 3. The molecule has 2 amide bonds. The van der Waals surface area contributed by atoms with Crippen molar-refractivity contribution in [1.82, 2.24) is 5.32 Å². The highest BCUT2D eigenvalue weighted by atomic mass is 16.5. The fourth-order valence-electron chi connectivity index (χ4n) is 3.51. The lowest BCUT2D eigenvalue weighted by molar-refractivity contribution is 0.0879. The molecule has 1 aliphatic heterocycles. The molecular weight excluding hydrogens is 426 g/mol. The van der Waals surface area contributed by atoms with Gasteiger partial charge in [0.2, 0.25) is 0 Å². The summed E-state index contributed by atoms with van der Waals surface area (Å²) < 4.78 is 21.5. The van der Waals surface area contributed by atoms with Gasteiger partial charge in [-0.2, -0.15) is 0 Å². The molecule has 9 heteroatoms. The van der Waals surface area contributed by atoms with E-state index in [9.17, 15) is 9.59 Å². The first-order chi connectivity index (χ1) is 16.0. The molecule has 0 aliphatic carbocycles. The molecule has 33 heavy (non-hydrogen) atoms. The van der Waals surface area contributed by atoms with Crippen molar-refractivity contribution in [1.29, 1.82) is 0 Å². The van der Waals surface area contributed by atoms with Crippen molar-refractivity contribution in [3.63, 3.8) is 0 Å². The van der Waals surface area contributed by atoms with Crippen LogP contribution in [0.5, 0.6) is 23.0 Å². The minimum absolute atomic E-state index is 0.280. The first-order valence-corrected chi connectivity index (χ1v) is 9.99. The van der Waals surface area contributed by atoms with Crippen molar-refractivity contribution in [3.05, 3.63) is 59.7 Å². The fourth-order valence-corrected chi connectivity index (χ4v) is 3.51. The van der Waals surface area contributed by atoms with Crippen LogP contribution in [-0.4, -0.2) is 40.3 Å². The zero-order valence-electron chi connectivity index (χ0n) is 18.6. The molecule has 0 atom stereocenters. The maximum atomic E-state index is 12.3. The molecule has 1 heterocycles. The van der Waals surface area contributed by atoms with E-state index in [4.69, 9.17) is 18.9 Å². The third-order valence-electron chi connectivity index (χ3n) is 5.23. The van der Waals surface area contributed by atoms with Gasteiger partial charge < -0.3 is 29.6 Å². The first-order valence-electron chi connectivity index (χ1n) is 9.99. The summed E-state index contributed by atoms with van der Waals surface area (Å²) in [5.41, 5.74) is 2.96. The van der Waals surface area contributed by atoms with E-state index in [0.717, 1.165) is 0 Å². The van der Waals surface area contributed by atoms with Crippen LogP contribution in [0.15, 0.2) is 48.5 Å². The second kappa shape index (κ2) is 8.99. The molecule has 0 unspecified atom stereocenters. The van der Waals surface area contributed by atoms with Gasteiger partial charge in [-0.3, -0.25) is 14.9 Å². The lowest BCUT2D eigenvalue weighted by Crippen LogP contribution is -2.19. The molecule has 0 aromatic heterocycles. The normalized spacial score (nSPS) is 12.0. The van der Waals surface area contributed by atoms with Crippen LogP contribution in [0.25, 0.3) is 0 Å². The highest BCUT2D eigenvalue weighted by Crippen LogP contribution is 2.39. The molecule has 0 bridgehead atoms. The molecule has 1 aliphatic rings. The number of benzene rings is 3. The molecule has 3 N–H and O–H groups in total. The predicted molar refractivity (Wildman–Crippen MR) is 124 cm³/mol. The van der Waals surface area contributed by atoms with Crippen LogP contribution in [0.3, 0.4) is 0 Å². The number of hydrogen-bond acceptors (Lipinski definition) is 8. The zero-order chi connectivity index (χ0) is 23.5. The van der Waals surface area contributed by atoms with Crippen molar-refractivity contribution < 1.29 is 28.5 Å². The molecule has 4 rings (SSSR count). The molecule has 0 radical (unpaired) electrons. The Balaban J connectivity index is 1.79. The van der Waals surface area contributed by atoms with E-state index in [1.54, 1.807) is 77.0 Å². The molecule has 9 nitrogen and oxygen atoms in total. The van der Waals surface area contributed by atoms with Gasteiger partial charge >= 0.3 is 0 Å². The van der Waals surface area contributed by atoms with Crippen molar-refractivity contribution in [2.45, 2.75) is 0 Å². The Labute approximate surface area is 190 Å². The van der Waals surface area contributed by atoms with Crippen LogP contribution in [0.1, 0.15) is 20.7 Å². The Hall–Kier alpha value is -4.40. The standard InChI is InChI=1S/C24H23N3O6/c1-30-13-5-7-17(21(9-13)32-3)25-19-11-15-16(24(29)27-23(15)28)12-20(19)26-18-8-6-14(31-2)10-22(18)33-4/h5-12,25-26H,1-4H3,(H,27,28,29). The first kappa shape index (κ1) is 21.8. The summed E-state index contributed by atoms with van der Waals surface area (Å²) in [6, 6.07) is 13.9. The Morgan fingerprint density at radius 3 is 1.36 bits per heavy atom. The number of anilines is 4. The highest BCUT2D eigenvalue weighted by molar-refractivity contribution is 6.22. The van der Waals surface area contributed by atoms with E-state index < -0.39 is 11.8 Å². The van der Waals surface area contributed by atoms with E-state index in [-0.39, 0.29) is 11.1 Å². The van der Waals surface area contributed by atoms with Crippen molar-refractivity contribution in [2.75, 3.05) is 39.1 Å².